The van der Waals surface area contributed by atoms with Crippen molar-refractivity contribution in [3.8, 4) is 5.75 Å². The van der Waals surface area contributed by atoms with Crippen molar-refractivity contribution in [2.45, 2.75) is 13.1 Å². The fraction of sp³-hybridized carbons (Fsp3) is 0.200. The van der Waals surface area contributed by atoms with E-state index in [0.29, 0.717) is 0 Å². The molecule has 0 saturated carbocycles. The second-order valence-corrected chi connectivity index (χ2v) is 3.33. The molecule has 1 heterocycles. The third-order valence-electron chi connectivity index (χ3n) is 2.00. The number of nitrogens with one attached hydrogen (secondary N) is 1. The first-order chi connectivity index (χ1) is 7.88. The molecule has 1 aromatic carbocycles. The number of carbonyl (C=O) groups excluding carboxylic acids is 1. The number of imidazole rings is 1. The lowest BCUT2D eigenvalue weighted by molar-refractivity contribution is -0.144. The van der Waals surface area contributed by atoms with Crippen molar-refractivity contribution in [1.82, 2.24) is 9.97 Å². The molecule has 0 aliphatic rings. The van der Waals surface area contributed by atoms with Crippen molar-refractivity contribution in [3.05, 3.63) is 24.0 Å². The van der Waals surface area contributed by atoms with Crippen LogP contribution in [0, 0.1) is 0 Å². The monoisotopic (exact) mass is 244 g/mol. The molecule has 0 aliphatic carbocycles. The molecular weight excluding hydrogens is 237 g/mol. The number of fused-ring (bicyclic) bond motifs is 1. The highest BCUT2D eigenvalue weighted by atomic mass is 19.4. The van der Waals surface area contributed by atoms with Crippen LogP contribution in [0.3, 0.4) is 0 Å². The normalized spacial score (nSPS) is 11.8. The number of esters is 1. The number of aromatic amines is 1. The van der Waals surface area contributed by atoms with Gasteiger partial charge in [-0.2, -0.15) is 13.2 Å². The third-order valence-corrected chi connectivity index (χ3v) is 2.00. The summed E-state index contributed by atoms with van der Waals surface area (Å²) in [5.74, 6) is -1.73. The fourth-order valence-corrected chi connectivity index (χ4v) is 1.38. The quantitative estimate of drug-likeness (QED) is 0.619. The summed E-state index contributed by atoms with van der Waals surface area (Å²) in [6.45, 7) is 1.16. The minimum atomic E-state index is -4.56. The van der Waals surface area contributed by atoms with E-state index in [9.17, 15) is 18.0 Å². The summed E-state index contributed by atoms with van der Waals surface area (Å²) < 4.78 is 42.0. The molecule has 1 N–H and O–H groups in total. The van der Waals surface area contributed by atoms with Gasteiger partial charge in [-0.3, -0.25) is 4.79 Å². The van der Waals surface area contributed by atoms with Gasteiger partial charge in [0, 0.05) is 6.92 Å². The molecule has 2 aromatic rings. The first-order valence-corrected chi connectivity index (χ1v) is 4.62. The van der Waals surface area contributed by atoms with E-state index in [-0.39, 0.29) is 16.8 Å². The van der Waals surface area contributed by atoms with Gasteiger partial charge in [0.15, 0.2) is 5.75 Å². The number of rotatable bonds is 1. The summed E-state index contributed by atoms with van der Waals surface area (Å²) >= 11 is 0. The van der Waals surface area contributed by atoms with Gasteiger partial charge in [-0.15, -0.1) is 0 Å². The highest BCUT2D eigenvalue weighted by molar-refractivity contribution is 5.84. The van der Waals surface area contributed by atoms with Gasteiger partial charge in [-0.05, 0) is 12.1 Å². The van der Waals surface area contributed by atoms with Crippen LogP contribution in [0.15, 0.2) is 18.2 Å². The van der Waals surface area contributed by atoms with Gasteiger partial charge in [-0.1, -0.05) is 6.07 Å². The smallest absolute Gasteiger partial charge is 0.424 e. The zero-order valence-electron chi connectivity index (χ0n) is 8.63. The summed E-state index contributed by atoms with van der Waals surface area (Å²) in [5.41, 5.74) is 0.145. The molecule has 17 heavy (non-hydrogen) atoms. The Hall–Kier alpha value is -2.05. The van der Waals surface area contributed by atoms with Gasteiger partial charge in [0.2, 0.25) is 5.82 Å². The molecule has 90 valence electrons. The Bertz CT molecular complexity index is 574. The minimum absolute atomic E-state index is 0.00162. The molecular formula is C10H7F3N2O2. The fourth-order valence-electron chi connectivity index (χ4n) is 1.38. The molecule has 0 saturated heterocycles. The van der Waals surface area contributed by atoms with Crippen molar-refractivity contribution in [3.63, 3.8) is 0 Å². The molecule has 0 amide bonds. The lowest BCUT2D eigenvalue weighted by Crippen LogP contribution is -2.07. The number of alkyl halides is 3. The van der Waals surface area contributed by atoms with Crippen LogP contribution in [0.2, 0.25) is 0 Å². The van der Waals surface area contributed by atoms with Gasteiger partial charge in [0.25, 0.3) is 0 Å². The lowest BCUT2D eigenvalue weighted by Gasteiger charge is -2.00. The number of hydrogen-bond donors (Lipinski definition) is 1. The minimum Gasteiger partial charge on any atom is -0.424 e. The van der Waals surface area contributed by atoms with Crippen LogP contribution in [-0.2, 0) is 11.0 Å². The van der Waals surface area contributed by atoms with E-state index in [1.54, 1.807) is 0 Å². The van der Waals surface area contributed by atoms with Gasteiger partial charge >= 0.3 is 12.1 Å². The molecule has 4 nitrogen and oxygen atoms in total. The average Bonchev–Trinajstić information content (AvgIpc) is 2.60. The largest absolute Gasteiger partial charge is 0.449 e. The van der Waals surface area contributed by atoms with Gasteiger partial charge in [0.1, 0.15) is 5.52 Å². The first kappa shape index (κ1) is 11.4. The highest BCUT2D eigenvalue weighted by Crippen LogP contribution is 2.31. The molecule has 0 unspecified atom stereocenters. The Balaban J connectivity index is 2.57. The van der Waals surface area contributed by atoms with E-state index < -0.39 is 18.0 Å². The standard InChI is InChI=1S/C10H7F3N2O2/c1-5(16)17-7-4-2-3-6-8(7)15-9(14-6)10(11,12)13/h2-4H,1H3,(H,14,15). The van der Waals surface area contributed by atoms with Gasteiger partial charge in [-0.25, -0.2) is 4.98 Å². The number of hydrogen-bond acceptors (Lipinski definition) is 3. The van der Waals surface area contributed by atoms with E-state index in [0.717, 1.165) is 6.92 Å². The van der Waals surface area contributed by atoms with Crippen LogP contribution in [0.25, 0.3) is 11.0 Å². The molecule has 0 bridgehead atoms. The maximum atomic E-state index is 12.4. The Kier molecular flexibility index (Phi) is 2.53. The Morgan fingerprint density at radius 1 is 1.41 bits per heavy atom. The number of nitrogens with zero attached hydrogens (tertiary/aromatic N) is 1. The van der Waals surface area contributed by atoms with Gasteiger partial charge < -0.3 is 9.72 Å². The predicted octanol–water partition coefficient (Wildman–Crippen LogP) is 2.51. The molecule has 1 aromatic heterocycles. The van der Waals surface area contributed by atoms with Crippen LogP contribution in [0.4, 0.5) is 13.2 Å². The molecule has 0 atom stereocenters. The second kappa shape index (κ2) is 3.76. The number of ether oxygens (including phenoxy) is 1. The van der Waals surface area contributed by atoms with Crippen molar-refractivity contribution in [2.24, 2.45) is 0 Å². The van der Waals surface area contributed by atoms with E-state index in [4.69, 9.17) is 4.74 Å². The van der Waals surface area contributed by atoms with E-state index >= 15 is 0 Å². The first-order valence-electron chi connectivity index (χ1n) is 4.62. The molecule has 2 rings (SSSR count). The van der Waals surface area contributed by atoms with E-state index in [1.165, 1.54) is 18.2 Å². The van der Waals surface area contributed by atoms with Gasteiger partial charge in [0.05, 0.1) is 5.52 Å². The molecule has 0 fully saturated rings. The maximum absolute atomic E-state index is 12.4. The van der Waals surface area contributed by atoms with Crippen LogP contribution in [0.1, 0.15) is 12.7 Å². The zero-order valence-corrected chi connectivity index (χ0v) is 8.63. The average molecular weight is 244 g/mol. The Morgan fingerprint density at radius 2 is 2.12 bits per heavy atom. The SMILES string of the molecule is CC(=O)Oc1cccc2[nH]c(C(F)(F)F)nc12. The molecule has 0 aliphatic heterocycles. The summed E-state index contributed by atoms with van der Waals surface area (Å²) in [6.07, 6.45) is -4.56. The second-order valence-electron chi connectivity index (χ2n) is 3.33. The number of aromatic nitrogens is 2. The zero-order chi connectivity index (χ0) is 12.6. The number of H-pyrrole nitrogens is 1. The highest BCUT2D eigenvalue weighted by Gasteiger charge is 2.35. The molecule has 0 spiro atoms. The van der Waals surface area contributed by atoms with Crippen LogP contribution < -0.4 is 4.74 Å². The van der Waals surface area contributed by atoms with E-state index in [2.05, 4.69) is 9.97 Å². The van der Waals surface area contributed by atoms with Crippen molar-refractivity contribution >= 4 is 17.0 Å². The Labute approximate surface area is 93.4 Å². The van der Waals surface area contributed by atoms with E-state index in [1.807, 2.05) is 0 Å². The lowest BCUT2D eigenvalue weighted by atomic mass is 10.3. The topological polar surface area (TPSA) is 55.0 Å². The number of para-hydroxylation sites is 1. The van der Waals surface area contributed by atoms with Crippen LogP contribution in [0.5, 0.6) is 5.75 Å². The Morgan fingerprint density at radius 3 is 2.71 bits per heavy atom. The van der Waals surface area contributed by atoms with Crippen molar-refractivity contribution in [1.29, 1.82) is 0 Å². The number of halogens is 3. The van der Waals surface area contributed by atoms with Crippen LogP contribution in [-0.4, -0.2) is 15.9 Å². The molecule has 7 heteroatoms. The predicted molar refractivity (Wildman–Crippen MR) is 52.4 cm³/mol. The van der Waals surface area contributed by atoms with Crippen molar-refractivity contribution in [2.75, 3.05) is 0 Å². The van der Waals surface area contributed by atoms with Crippen molar-refractivity contribution < 1.29 is 22.7 Å². The summed E-state index contributed by atoms with van der Waals surface area (Å²) in [4.78, 5) is 16.3. The number of benzene rings is 1. The summed E-state index contributed by atoms with van der Waals surface area (Å²) in [7, 11) is 0. The maximum Gasteiger partial charge on any atom is 0.449 e. The third kappa shape index (κ3) is 2.22. The molecule has 0 radical (unpaired) electrons. The summed E-state index contributed by atoms with van der Waals surface area (Å²) in [5, 5.41) is 0. The summed E-state index contributed by atoms with van der Waals surface area (Å²) in [6, 6.07) is 4.27. The number of carbonyl (C=O) groups is 1. The van der Waals surface area contributed by atoms with Crippen LogP contribution >= 0.6 is 0 Å².